The number of rotatable bonds is 1. The molecule has 1 unspecified atom stereocenters. The molecule has 0 radical (unpaired) electrons. The fourth-order valence-electron chi connectivity index (χ4n) is 2.61. The first-order valence-corrected chi connectivity index (χ1v) is 6.06. The van der Waals surface area contributed by atoms with Crippen molar-refractivity contribution >= 4 is 11.6 Å². The summed E-state index contributed by atoms with van der Waals surface area (Å²) in [5.74, 6) is 0.758. The molecule has 1 aliphatic carbocycles. The molecule has 0 aromatic heterocycles. The van der Waals surface area contributed by atoms with Crippen molar-refractivity contribution in [3.8, 4) is 0 Å². The largest absolute Gasteiger partial charge is 0.300 e. The Morgan fingerprint density at radius 3 is 2.40 bits per heavy atom. The van der Waals surface area contributed by atoms with Gasteiger partial charge in [-0.05, 0) is 12.8 Å². The third-order valence-electron chi connectivity index (χ3n) is 3.57. The zero-order chi connectivity index (χ0) is 10.7. The molecular formula is C12H19NO2. The van der Waals surface area contributed by atoms with Gasteiger partial charge in [0.1, 0.15) is 11.6 Å². The molecule has 0 aromatic carbocycles. The molecule has 2 aliphatic rings. The Hall–Kier alpha value is -0.700. The molecule has 84 valence electrons. The molecule has 3 nitrogen and oxygen atoms in total. The van der Waals surface area contributed by atoms with Gasteiger partial charge in [0.2, 0.25) is 0 Å². The predicted octanol–water partition coefficient (Wildman–Crippen LogP) is 1.55. The lowest BCUT2D eigenvalue weighted by Gasteiger charge is -2.32. The highest BCUT2D eigenvalue weighted by Crippen LogP contribution is 2.21. The van der Waals surface area contributed by atoms with Gasteiger partial charge in [0, 0.05) is 32.4 Å². The van der Waals surface area contributed by atoms with E-state index in [4.69, 9.17) is 0 Å². The first-order chi connectivity index (χ1) is 7.27. The summed E-state index contributed by atoms with van der Waals surface area (Å²) < 4.78 is 0. The number of likely N-dealkylation sites (tertiary alicyclic amines) is 1. The zero-order valence-electron chi connectivity index (χ0n) is 9.21. The van der Waals surface area contributed by atoms with Gasteiger partial charge in [0.05, 0.1) is 6.04 Å². The van der Waals surface area contributed by atoms with Gasteiger partial charge in [-0.15, -0.1) is 0 Å². The van der Waals surface area contributed by atoms with Gasteiger partial charge in [0.15, 0.2) is 0 Å². The summed E-state index contributed by atoms with van der Waals surface area (Å²) in [5.41, 5.74) is 0. The first kappa shape index (κ1) is 10.8. The maximum Gasteiger partial charge on any atom is 0.149 e. The predicted molar refractivity (Wildman–Crippen MR) is 57.7 cm³/mol. The summed E-state index contributed by atoms with van der Waals surface area (Å²) in [4.78, 5) is 25.2. The SMILES string of the molecule is O=C1CCN(C2CCCCCC2=O)CC1. The number of hydrogen-bond donors (Lipinski definition) is 0. The Labute approximate surface area is 90.8 Å². The molecule has 1 saturated heterocycles. The van der Waals surface area contributed by atoms with Gasteiger partial charge in [-0.3, -0.25) is 14.5 Å². The minimum atomic E-state index is 0.126. The van der Waals surface area contributed by atoms with Crippen LogP contribution in [0.4, 0.5) is 0 Å². The highest BCUT2D eigenvalue weighted by atomic mass is 16.1. The molecule has 15 heavy (non-hydrogen) atoms. The Balaban J connectivity index is 1.95. The second-order valence-electron chi connectivity index (χ2n) is 4.66. The van der Waals surface area contributed by atoms with E-state index in [1.54, 1.807) is 0 Å². The first-order valence-electron chi connectivity index (χ1n) is 6.06. The van der Waals surface area contributed by atoms with Crippen molar-refractivity contribution in [2.45, 2.75) is 51.0 Å². The zero-order valence-corrected chi connectivity index (χ0v) is 9.21. The van der Waals surface area contributed by atoms with Gasteiger partial charge in [-0.1, -0.05) is 12.8 Å². The van der Waals surface area contributed by atoms with E-state index in [0.717, 1.165) is 32.4 Å². The van der Waals surface area contributed by atoms with Crippen molar-refractivity contribution in [2.75, 3.05) is 13.1 Å². The van der Waals surface area contributed by atoms with E-state index < -0.39 is 0 Å². The highest BCUT2D eigenvalue weighted by molar-refractivity contribution is 5.85. The van der Waals surface area contributed by atoms with Crippen molar-refractivity contribution in [3.05, 3.63) is 0 Å². The minimum Gasteiger partial charge on any atom is -0.300 e. The molecule has 1 aliphatic heterocycles. The van der Waals surface area contributed by atoms with Crippen LogP contribution in [0.2, 0.25) is 0 Å². The van der Waals surface area contributed by atoms with Crippen molar-refractivity contribution in [1.29, 1.82) is 0 Å². The van der Waals surface area contributed by atoms with Gasteiger partial charge in [-0.25, -0.2) is 0 Å². The van der Waals surface area contributed by atoms with Crippen LogP contribution in [-0.4, -0.2) is 35.6 Å². The van der Waals surface area contributed by atoms with Crippen molar-refractivity contribution < 1.29 is 9.59 Å². The smallest absolute Gasteiger partial charge is 0.149 e. The Morgan fingerprint density at radius 1 is 0.933 bits per heavy atom. The van der Waals surface area contributed by atoms with Crippen molar-refractivity contribution in [3.63, 3.8) is 0 Å². The summed E-state index contributed by atoms with van der Waals surface area (Å²) >= 11 is 0. The van der Waals surface area contributed by atoms with E-state index in [0.29, 0.717) is 24.4 Å². The molecule has 1 saturated carbocycles. The van der Waals surface area contributed by atoms with Gasteiger partial charge in [-0.2, -0.15) is 0 Å². The number of Topliss-reactive ketones (excluding diaryl/α,β-unsaturated/α-hetero) is 2. The van der Waals surface area contributed by atoms with E-state index in [2.05, 4.69) is 4.90 Å². The summed E-state index contributed by atoms with van der Waals surface area (Å²) in [6, 6.07) is 0.126. The van der Waals surface area contributed by atoms with Crippen LogP contribution in [0.15, 0.2) is 0 Å². The Kier molecular flexibility index (Phi) is 3.52. The normalized spacial score (nSPS) is 30.3. The van der Waals surface area contributed by atoms with E-state index in [1.165, 1.54) is 12.8 Å². The van der Waals surface area contributed by atoms with Gasteiger partial charge < -0.3 is 0 Å². The molecule has 0 aromatic rings. The van der Waals surface area contributed by atoms with Crippen molar-refractivity contribution in [2.24, 2.45) is 0 Å². The maximum atomic E-state index is 11.9. The molecule has 0 spiro atoms. The van der Waals surface area contributed by atoms with Crippen LogP contribution in [0.5, 0.6) is 0 Å². The van der Waals surface area contributed by atoms with Crippen molar-refractivity contribution in [1.82, 2.24) is 4.90 Å². The molecule has 2 fully saturated rings. The third-order valence-corrected chi connectivity index (χ3v) is 3.57. The Bertz CT molecular complexity index is 252. The maximum absolute atomic E-state index is 11.9. The number of piperidine rings is 1. The highest BCUT2D eigenvalue weighted by Gasteiger charge is 2.29. The van der Waals surface area contributed by atoms with Crippen LogP contribution in [-0.2, 0) is 9.59 Å². The molecule has 3 heteroatoms. The summed E-state index contributed by atoms with van der Waals surface area (Å²) in [6.45, 7) is 1.60. The minimum absolute atomic E-state index is 0.126. The van der Waals surface area contributed by atoms with Crippen LogP contribution < -0.4 is 0 Å². The lowest BCUT2D eigenvalue weighted by Crippen LogP contribution is -2.45. The number of carbonyl (C=O) groups is 2. The number of nitrogens with zero attached hydrogens (tertiary/aromatic N) is 1. The summed E-state index contributed by atoms with van der Waals surface area (Å²) in [5, 5.41) is 0. The number of carbonyl (C=O) groups excluding carboxylic acids is 2. The molecule has 2 rings (SSSR count). The van der Waals surface area contributed by atoms with Crippen LogP contribution >= 0.6 is 0 Å². The monoisotopic (exact) mass is 209 g/mol. The number of hydrogen-bond acceptors (Lipinski definition) is 3. The fraction of sp³-hybridized carbons (Fsp3) is 0.833. The third kappa shape index (κ3) is 2.65. The summed E-state index contributed by atoms with van der Waals surface area (Å²) in [6.07, 6.45) is 6.45. The lowest BCUT2D eigenvalue weighted by atomic mass is 10.0. The molecule has 1 atom stereocenters. The molecule has 1 heterocycles. The average Bonchev–Trinajstić information content (AvgIpc) is 2.44. The quantitative estimate of drug-likeness (QED) is 0.615. The lowest BCUT2D eigenvalue weighted by molar-refractivity contribution is -0.128. The molecule has 0 N–H and O–H groups in total. The topological polar surface area (TPSA) is 37.4 Å². The summed E-state index contributed by atoms with van der Waals surface area (Å²) in [7, 11) is 0. The van der Waals surface area contributed by atoms with E-state index >= 15 is 0 Å². The van der Waals surface area contributed by atoms with E-state index in [-0.39, 0.29) is 6.04 Å². The standard InChI is InChI=1S/C12H19NO2/c14-10-6-8-13(9-7-10)11-4-2-1-3-5-12(11)15/h11H,1-9H2. The van der Waals surface area contributed by atoms with E-state index in [1.807, 2.05) is 0 Å². The van der Waals surface area contributed by atoms with E-state index in [9.17, 15) is 9.59 Å². The number of ketones is 2. The Morgan fingerprint density at radius 2 is 1.67 bits per heavy atom. The molecule has 0 bridgehead atoms. The van der Waals surface area contributed by atoms with Crippen LogP contribution in [0, 0.1) is 0 Å². The van der Waals surface area contributed by atoms with Crippen LogP contribution in [0.1, 0.15) is 44.9 Å². The van der Waals surface area contributed by atoms with Gasteiger partial charge >= 0.3 is 0 Å². The van der Waals surface area contributed by atoms with Gasteiger partial charge in [0.25, 0.3) is 0 Å². The average molecular weight is 209 g/mol. The van der Waals surface area contributed by atoms with Crippen LogP contribution in [0.25, 0.3) is 0 Å². The molecule has 0 amide bonds. The van der Waals surface area contributed by atoms with Crippen LogP contribution in [0.3, 0.4) is 0 Å². The molecular weight excluding hydrogens is 190 g/mol. The second-order valence-corrected chi connectivity index (χ2v) is 4.66. The second kappa shape index (κ2) is 4.88. The fourth-order valence-corrected chi connectivity index (χ4v) is 2.61.